The molecule has 1 aromatic carbocycles. The molecule has 1 atom stereocenters. The molecule has 6 nitrogen and oxygen atoms in total. The third kappa shape index (κ3) is 3.33. The number of hydrogen-bond donors (Lipinski definition) is 1. The zero-order valence-corrected chi connectivity index (χ0v) is 13.5. The molecular weight excluding hydrogens is 300 g/mol. The van der Waals surface area contributed by atoms with Gasteiger partial charge in [-0.05, 0) is 18.9 Å². The van der Waals surface area contributed by atoms with Gasteiger partial charge >= 0.3 is 0 Å². The highest BCUT2D eigenvalue weighted by Gasteiger charge is 2.18. The van der Waals surface area contributed by atoms with E-state index >= 15 is 0 Å². The zero-order valence-electron chi connectivity index (χ0n) is 13.5. The van der Waals surface area contributed by atoms with Crippen LogP contribution in [0.15, 0.2) is 49.1 Å². The summed E-state index contributed by atoms with van der Waals surface area (Å²) in [6.45, 7) is 2.78. The van der Waals surface area contributed by atoms with Gasteiger partial charge < -0.3 is 9.88 Å². The summed E-state index contributed by atoms with van der Waals surface area (Å²) in [4.78, 5) is 8.93. The highest BCUT2D eigenvalue weighted by molar-refractivity contribution is 5.53. The lowest BCUT2D eigenvalue weighted by Crippen LogP contribution is -2.29. The summed E-state index contributed by atoms with van der Waals surface area (Å²) in [6, 6.07) is 10.0. The number of fused-ring (bicyclic) bond motifs is 1. The molecule has 1 N–H and O–H groups in total. The van der Waals surface area contributed by atoms with Crippen molar-refractivity contribution in [3.05, 3.63) is 60.4 Å². The average molecular weight is 320 g/mol. The minimum absolute atomic E-state index is 0.623. The summed E-state index contributed by atoms with van der Waals surface area (Å²) < 4.78 is 2.16. The van der Waals surface area contributed by atoms with Crippen LogP contribution in [-0.2, 0) is 19.5 Å². The first-order chi connectivity index (χ1) is 11.9. The molecule has 0 radical (unpaired) electrons. The Labute approximate surface area is 141 Å². The van der Waals surface area contributed by atoms with Crippen LogP contribution >= 0.6 is 0 Å². The lowest BCUT2D eigenvalue weighted by molar-refractivity contribution is 0.347. The third-order valence-electron chi connectivity index (χ3n) is 4.43. The maximum Gasteiger partial charge on any atom is 0.159 e. The van der Waals surface area contributed by atoms with Crippen LogP contribution in [0.25, 0.3) is 11.4 Å². The third-order valence-corrected chi connectivity index (χ3v) is 4.43. The van der Waals surface area contributed by atoms with Crippen LogP contribution in [0, 0.1) is 5.92 Å². The van der Waals surface area contributed by atoms with Crippen LogP contribution in [0.2, 0.25) is 0 Å². The van der Waals surface area contributed by atoms with Crippen molar-refractivity contribution < 1.29 is 0 Å². The van der Waals surface area contributed by atoms with Gasteiger partial charge in [-0.25, -0.2) is 9.97 Å². The molecule has 24 heavy (non-hydrogen) atoms. The van der Waals surface area contributed by atoms with E-state index in [9.17, 15) is 0 Å². The molecule has 4 rings (SSSR count). The van der Waals surface area contributed by atoms with Gasteiger partial charge in [0.2, 0.25) is 0 Å². The van der Waals surface area contributed by atoms with E-state index in [1.807, 2.05) is 49.1 Å². The smallest absolute Gasteiger partial charge is 0.159 e. The molecular formula is C18H20N6. The number of nitrogens with one attached hydrogen (secondary N) is 1. The van der Waals surface area contributed by atoms with Crippen molar-refractivity contribution in [3.8, 4) is 11.4 Å². The zero-order chi connectivity index (χ0) is 16.2. The van der Waals surface area contributed by atoms with Gasteiger partial charge in [-0.1, -0.05) is 30.3 Å². The van der Waals surface area contributed by atoms with Gasteiger partial charge in [-0.2, -0.15) is 0 Å². The molecule has 122 valence electrons. The quantitative estimate of drug-likeness (QED) is 0.779. The minimum atomic E-state index is 0.623. The summed E-state index contributed by atoms with van der Waals surface area (Å²) in [5.74, 6) is 2.50. The van der Waals surface area contributed by atoms with E-state index in [0.29, 0.717) is 5.92 Å². The number of nitrogens with zero attached hydrogens (tertiary/aromatic N) is 5. The van der Waals surface area contributed by atoms with Crippen LogP contribution < -0.4 is 5.32 Å². The van der Waals surface area contributed by atoms with Gasteiger partial charge in [-0.15, -0.1) is 10.2 Å². The Hall–Kier alpha value is -2.60. The Morgan fingerprint density at radius 1 is 1.12 bits per heavy atom. The fourth-order valence-corrected chi connectivity index (χ4v) is 3.10. The van der Waals surface area contributed by atoms with E-state index < -0.39 is 0 Å². The van der Waals surface area contributed by atoms with Gasteiger partial charge in [0.05, 0.1) is 0 Å². The van der Waals surface area contributed by atoms with E-state index in [2.05, 4.69) is 30.0 Å². The lowest BCUT2D eigenvalue weighted by Gasteiger charge is -2.23. The maximum atomic E-state index is 4.47. The molecule has 2 aromatic heterocycles. The molecule has 0 amide bonds. The highest BCUT2D eigenvalue weighted by Crippen LogP contribution is 2.17. The van der Waals surface area contributed by atoms with Crippen molar-refractivity contribution in [3.63, 3.8) is 0 Å². The first kappa shape index (κ1) is 15.0. The molecule has 0 aliphatic carbocycles. The molecule has 3 aromatic rings. The first-order valence-corrected chi connectivity index (χ1v) is 8.32. The van der Waals surface area contributed by atoms with Gasteiger partial charge in [-0.3, -0.25) is 0 Å². The van der Waals surface area contributed by atoms with Crippen LogP contribution in [0.1, 0.15) is 17.8 Å². The van der Waals surface area contributed by atoms with E-state index in [1.165, 1.54) is 0 Å². The Morgan fingerprint density at radius 2 is 1.96 bits per heavy atom. The fourth-order valence-electron chi connectivity index (χ4n) is 3.10. The number of aryl methyl sites for hydroxylation is 1. The van der Waals surface area contributed by atoms with Crippen LogP contribution in [0.5, 0.6) is 0 Å². The highest BCUT2D eigenvalue weighted by atomic mass is 15.3. The molecule has 0 saturated heterocycles. The molecule has 0 bridgehead atoms. The molecule has 1 aliphatic rings. The summed E-state index contributed by atoms with van der Waals surface area (Å²) >= 11 is 0. The molecule has 1 aliphatic heterocycles. The van der Waals surface area contributed by atoms with Gasteiger partial charge in [0.25, 0.3) is 0 Å². The second-order valence-corrected chi connectivity index (χ2v) is 6.22. The fraction of sp³-hybridized carbons (Fsp3) is 0.333. The number of rotatable bonds is 5. The molecule has 0 spiro atoms. The van der Waals surface area contributed by atoms with Crippen molar-refractivity contribution in [2.45, 2.75) is 25.9 Å². The van der Waals surface area contributed by atoms with Crippen molar-refractivity contribution in [1.82, 2.24) is 30.0 Å². The molecule has 3 heterocycles. The normalized spacial score (nSPS) is 16.8. The van der Waals surface area contributed by atoms with Crippen LogP contribution in [0.4, 0.5) is 0 Å². The predicted molar refractivity (Wildman–Crippen MR) is 91.0 cm³/mol. The van der Waals surface area contributed by atoms with Crippen LogP contribution in [0.3, 0.4) is 0 Å². The SMILES string of the molecule is c1ccc(-c2ncc(CNC[C@@H]3CCc4nncn4C3)cn2)cc1. The Kier molecular flexibility index (Phi) is 4.29. The number of benzene rings is 1. The Morgan fingerprint density at radius 3 is 2.79 bits per heavy atom. The van der Waals surface area contributed by atoms with Gasteiger partial charge in [0.1, 0.15) is 12.2 Å². The second kappa shape index (κ2) is 6.88. The predicted octanol–water partition coefficient (Wildman–Crippen LogP) is 2.09. The Bertz CT molecular complexity index is 781. The number of aromatic nitrogens is 5. The topological polar surface area (TPSA) is 68.5 Å². The summed E-state index contributed by atoms with van der Waals surface area (Å²) in [6.07, 6.45) is 7.82. The monoisotopic (exact) mass is 320 g/mol. The molecule has 0 fully saturated rings. The van der Waals surface area contributed by atoms with Gasteiger partial charge in [0.15, 0.2) is 5.82 Å². The van der Waals surface area contributed by atoms with E-state index in [1.54, 1.807) is 0 Å². The summed E-state index contributed by atoms with van der Waals surface area (Å²) in [7, 11) is 0. The van der Waals surface area contributed by atoms with Crippen molar-refractivity contribution in [2.75, 3.05) is 6.54 Å². The van der Waals surface area contributed by atoms with Gasteiger partial charge in [0, 0.05) is 43.0 Å². The van der Waals surface area contributed by atoms with Crippen molar-refractivity contribution in [1.29, 1.82) is 0 Å². The lowest BCUT2D eigenvalue weighted by atomic mass is 9.99. The summed E-state index contributed by atoms with van der Waals surface area (Å²) in [5, 5.41) is 11.6. The van der Waals surface area contributed by atoms with E-state index in [0.717, 1.165) is 55.3 Å². The molecule has 0 saturated carbocycles. The maximum absolute atomic E-state index is 4.47. The summed E-state index contributed by atoms with van der Waals surface area (Å²) in [5.41, 5.74) is 2.15. The van der Waals surface area contributed by atoms with Crippen molar-refractivity contribution in [2.24, 2.45) is 5.92 Å². The largest absolute Gasteiger partial charge is 0.317 e. The average Bonchev–Trinajstić information content (AvgIpc) is 3.11. The number of hydrogen-bond acceptors (Lipinski definition) is 5. The standard InChI is InChI=1S/C18H20N6/c1-2-4-16(5-3-1)18-20-10-15(11-21-18)9-19-8-14-6-7-17-23-22-13-24(17)12-14/h1-5,10-11,13-14,19H,6-9,12H2/t14-/m0/s1. The first-order valence-electron chi connectivity index (χ1n) is 8.32. The molecule has 6 heteroatoms. The second-order valence-electron chi connectivity index (χ2n) is 6.22. The minimum Gasteiger partial charge on any atom is -0.317 e. The Balaban J connectivity index is 1.29. The van der Waals surface area contributed by atoms with Crippen molar-refractivity contribution >= 4 is 0 Å². The molecule has 0 unspecified atom stereocenters. The van der Waals surface area contributed by atoms with Crippen LogP contribution in [-0.4, -0.2) is 31.3 Å². The van der Waals surface area contributed by atoms with E-state index in [-0.39, 0.29) is 0 Å². The van der Waals surface area contributed by atoms with E-state index in [4.69, 9.17) is 0 Å².